The summed E-state index contributed by atoms with van der Waals surface area (Å²) in [5.74, 6) is 4.99. The van der Waals surface area contributed by atoms with Crippen molar-refractivity contribution < 1.29 is 28.7 Å². The molecule has 1 heterocycles. The smallest absolute Gasteiger partial charge is 0.303 e. The minimum atomic E-state index is -4.21. The Morgan fingerprint density at radius 3 is 2.04 bits per heavy atom. The van der Waals surface area contributed by atoms with Gasteiger partial charge in [-0.05, 0) is 68.1 Å². The molecule has 7 heteroatoms. The van der Waals surface area contributed by atoms with Gasteiger partial charge in [0.05, 0.1) is 6.61 Å². The van der Waals surface area contributed by atoms with E-state index in [1.807, 2.05) is 6.92 Å². The third kappa shape index (κ3) is 4.80. The lowest BCUT2D eigenvalue weighted by Crippen LogP contribution is -2.53. The quantitative estimate of drug-likeness (QED) is 0.426. The second-order valence-corrected chi connectivity index (χ2v) is 9.20. The number of phosphoric acid groups is 1. The van der Waals surface area contributed by atoms with Crippen LogP contribution < -0.4 is 0 Å². The van der Waals surface area contributed by atoms with E-state index in [-0.39, 0.29) is 6.61 Å². The van der Waals surface area contributed by atoms with E-state index in [1.165, 1.54) is 25.7 Å². The van der Waals surface area contributed by atoms with Gasteiger partial charge in [-0.2, -0.15) is 0 Å². The van der Waals surface area contributed by atoms with Crippen LogP contribution in [0.3, 0.4) is 0 Å². The Kier molecular flexibility index (Phi) is 6.39. The van der Waals surface area contributed by atoms with Gasteiger partial charge in [0, 0.05) is 0 Å². The molecular formula is C17H31O6P. The fourth-order valence-corrected chi connectivity index (χ4v) is 5.80. The maximum Gasteiger partial charge on any atom is 0.469 e. The maximum absolute atomic E-state index is 10.1. The summed E-state index contributed by atoms with van der Waals surface area (Å²) in [6, 6.07) is 0. The Morgan fingerprint density at radius 2 is 1.62 bits per heavy atom. The van der Waals surface area contributed by atoms with E-state index in [4.69, 9.17) is 19.6 Å². The lowest BCUT2D eigenvalue weighted by Gasteiger charge is -2.56. The van der Waals surface area contributed by atoms with Crippen LogP contribution in [0.2, 0.25) is 0 Å². The monoisotopic (exact) mass is 362 g/mol. The maximum atomic E-state index is 10.1. The highest BCUT2D eigenvalue weighted by Gasteiger charge is 2.52. The first-order valence-electron chi connectivity index (χ1n) is 9.44. The summed E-state index contributed by atoms with van der Waals surface area (Å²) in [6.07, 6.45) is 10.7. The van der Waals surface area contributed by atoms with Crippen LogP contribution in [0, 0.1) is 29.6 Å². The molecule has 24 heavy (non-hydrogen) atoms. The van der Waals surface area contributed by atoms with Gasteiger partial charge in [0.1, 0.15) is 12.7 Å². The summed E-state index contributed by atoms with van der Waals surface area (Å²) in [4.78, 5) is 26.6. The normalized spacial score (nSPS) is 40.0. The minimum Gasteiger partial charge on any atom is -0.303 e. The van der Waals surface area contributed by atoms with Gasteiger partial charge in [0.25, 0.3) is 0 Å². The number of hydrogen-bond acceptors (Lipinski definition) is 4. The van der Waals surface area contributed by atoms with E-state index < -0.39 is 7.82 Å². The molecule has 4 bridgehead atoms. The first kappa shape index (κ1) is 18.8. The predicted octanol–water partition coefficient (Wildman–Crippen LogP) is 3.68. The highest BCUT2D eigenvalue weighted by atomic mass is 31.2. The molecule has 0 aromatic carbocycles. The Bertz CT molecular complexity index is 418. The fraction of sp³-hybridized carbons (Fsp3) is 1.00. The number of unbranched alkanes of at least 4 members (excludes halogenated alkanes) is 2. The largest absolute Gasteiger partial charge is 0.469 e. The molecule has 2 N–H and O–H groups in total. The van der Waals surface area contributed by atoms with Crippen molar-refractivity contribution in [1.82, 2.24) is 0 Å². The van der Waals surface area contributed by atoms with Crippen molar-refractivity contribution in [2.75, 3.05) is 13.2 Å². The molecule has 6 nitrogen and oxygen atoms in total. The molecule has 1 unspecified atom stereocenters. The zero-order chi connectivity index (χ0) is 17.2. The standard InChI is InChI=1S/C12H18O2.C5H13O4P/c1-7-2-9-4-8(1)5-10(3-7)12(9)11-6-13-14-11;1-2-3-4-5-9-10(6,7)8/h7-12H,1-6H2;2-5H2,1H3,(H2,6,7,8). The molecule has 1 aliphatic heterocycles. The van der Waals surface area contributed by atoms with E-state index in [1.54, 1.807) is 6.42 Å². The van der Waals surface area contributed by atoms with Gasteiger partial charge in [-0.25, -0.2) is 14.3 Å². The third-order valence-electron chi connectivity index (χ3n) is 6.16. The van der Waals surface area contributed by atoms with Crippen LogP contribution in [0.25, 0.3) is 0 Å². The average molecular weight is 362 g/mol. The van der Waals surface area contributed by atoms with Gasteiger partial charge in [-0.1, -0.05) is 19.8 Å². The van der Waals surface area contributed by atoms with Crippen LogP contribution in [-0.4, -0.2) is 29.1 Å². The van der Waals surface area contributed by atoms with E-state index >= 15 is 0 Å². The molecule has 0 spiro atoms. The molecule has 5 rings (SSSR count). The first-order valence-corrected chi connectivity index (χ1v) is 11.0. The van der Waals surface area contributed by atoms with Gasteiger partial charge < -0.3 is 9.79 Å². The molecule has 5 aliphatic rings. The number of hydrogen-bond donors (Lipinski definition) is 2. The molecule has 5 fully saturated rings. The van der Waals surface area contributed by atoms with Crippen LogP contribution in [0.1, 0.15) is 58.3 Å². The van der Waals surface area contributed by atoms with Crippen LogP contribution in [0.5, 0.6) is 0 Å². The second-order valence-electron chi connectivity index (χ2n) is 7.96. The van der Waals surface area contributed by atoms with E-state index in [0.29, 0.717) is 12.5 Å². The highest BCUT2D eigenvalue weighted by molar-refractivity contribution is 7.46. The van der Waals surface area contributed by atoms with Crippen molar-refractivity contribution in [3.8, 4) is 0 Å². The predicted molar refractivity (Wildman–Crippen MR) is 88.9 cm³/mol. The zero-order valence-electron chi connectivity index (χ0n) is 14.5. The lowest BCUT2D eigenvalue weighted by atomic mass is 9.51. The molecule has 0 radical (unpaired) electrons. The summed E-state index contributed by atoms with van der Waals surface area (Å²) in [5.41, 5.74) is 0. The number of phosphoric ester groups is 1. The average Bonchev–Trinajstić information content (AvgIpc) is 2.44. The van der Waals surface area contributed by atoms with Crippen molar-refractivity contribution in [3.05, 3.63) is 0 Å². The Balaban J connectivity index is 0.000000152. The molecule has 4 saturated carbocycles. The van der Waals surface area contributed by atoms with Gasteiger partial charge in [-0.3, -0.25) is 4.52 Å². The lowest BCUT2D eigenvalue weighted by molar-refractivity contribution is -0.443. The van der Waals surface area contributed by atoms with Crippen LogP contribution in [-0.2, 0) is 18.9 Å². The second kappa shape index (κ2) is 8.15. The molecule has 0 amide bonds. The van der Waals surface area contributed by atoms with Gasteiger partial charge in [0.2, 0.25) is 0 Å². The van der Waals surface area contributed by atoms with Gasteiger partial charge >= 0.3 is 7.82 Å². The van der Waals surface area contributed by atoms with Crippen molar-refractivity contribution in [1.29, 1.82) is 0 Å². The van der Waals surface area contributed by atoms with E-state index in [2.05, 4.69) is 4.52 Å². The molecule has 0 aromatic rings. The Hall–Kier alpha value is 0.0300. The van der Waals surface area contributed by atoms with Crippen LogP contribution in [0.15, 0.2) is 0 Å². The third-order valence-corrected chi connectivity index (χ3v) is 6.68. The first-order chi connectivity index (χ1) is 11.5. The molecule has 4 aliphatic carbocycles. The molecule has 140 valence electrons. The molecule has 1 saturated heterocycles. The van der Waals surface area contributed by atoms with Crippen molar-refractivity contribution >= 4 is 7.82 Å². The zero-order valence-corrected chi connectivity index (χ0v) is 15.4. The summed E-state index contributed by atoms with van der Waals surface area (Å²) in [7, 11) is -4.21. The minimum absolute atomic E-state index is 0.151. The topological polar surface area (TPSA) is 85.2 Å². The van der Waals surface area contributed by atoms with Crippen molar-refractivity contribution in [2.45, 2.75) is 64.4 Å². The highest BCUT2D eigenvalue weighted by Crippen LogP contribution is 2.58. The summed E-state index contributed by atoms with van der Waals surface area (Å²) < 4.78 is 14.3. The SMILES string of the molecule is C1C2CC3CC1CC(C2)C3C1COO1.CCCCCOP(=O)(O)O. The van der Waals surface area contributed by atoms with Gasteiger partial charge in [-0.15, -0.1) is 0 Å². The molecular weight excluding hydrogens is 331 g/mol. The summed E-state index contributed by atoms with van der Waals surface area (Å²) in [5, 5.41) is 0. The van der Waals surface area contributed by atoms with Gasteiger partial charge in [0.15, 0.2) is 0 Å². The summed E-state index contributed by atoms with van der Waals surface area (Å²) >= 11 is 0. The van der Waals surface area contributed by atoms with Crippen LogP contribution in [0.4, 0.5) is 0 Å². The summed E-state index contributed by atoms with van der Waals surface area (Å²) in [6.45, 7) is 3.03. The molecule has 1 atom stereocenters. The fourth-order valence-electron chi connectivity index (χ4n) is 5.43. The van der Waals surface area contributed by atoms with E-state index in [0.717, 1.165) is 49.0 Å². The van der Waals surface area contributed by atoms with E-state index in [9.17, 15) is 4.57 Å². The molecule has 0 aromatic heterocycles. The number of rotatable bonds is 6. The Labute approximate surface area is 144 Å². The van der Waals surface area contributed by atoms with Crippen molar-refractivity contribution in [3.63, 3.8) is 0 Å². The van der Waals surface area contributed by atoms with Crippen molar-refractivity contribution in [2.24, 2.45) is 29.6 Å². The Morgan fingerprint density at radius 1 is 1.04 bits per heavy atom. The van der Waals surface area contributed by atoms with Crippen LogP contribution >= 0.6 is 7.82 Å².